The molecular weight excluding hydrogens is 314 g/mol. The Balaban J connectivity index is 1.78. The molecule has 3 rings (SSSR count). The Hall–Kier alpha value is -0.540. The molecule has 1 aromatic carbocycles. The summed E-state index contributed by atoms with van der Waals surface area (Å²) in [6.45, 7) is 2.13. The molecule has 0 saturated heterocycles. The number of rotatable bonds is 3. The Morgan fingerprint density at radius 2 is 2.00 bits per heavy atom. The van der Waals surface area contributed by atoms with E-state index in [1.807, 2.05) is 0 Å². The van der Waals surface area contributed by atoms with Gasteiger partial charge in [0.1, 0.15) is 11.9 Å². The summed E-state index contributed by atoms with van der Waals surface area (Å²) in [5.41, 5.74) is 1.61. The van der Waals surface area contributed by atoms with Crippen LogP contribution in [-0.2, 0) is 0 Å². The van der Waals surface area contributed by atoms with E-state index in [4.69, 9.17) is 4.74 Å². The lowest BCUT2D eigenvalue weighted by molar-refractivity contribution is -0.101. The van der Waals surface area contributed by atoms with Crippen LogP contribution in [0.15, 0.2) is 22.7 Å². The lowest BCUT2D eigenvalue weighted by Gasteiger charge is -2.57. The maximum absolute atomic E-state index is 6.42. The van der Waals surface area contributed by atoms with Gasteiger partial charge in [-0.05, 0) is 44.5 Å². The van der Waals surface area contributed by atoms with Crippen LogP contribution in [0.5, 0.6) is 5.75 Å². The second-order valence-electron chi connectivity index (χ2n) is 6.39. The topological polar surface area (TPSA) is 21.3 Å². The number of hydrogen-bond acceptors (Lipinski definition) is 2. The van der Waals surface area contributed by atoms with Gasteiger partial charge >= 0.3 is 0 Å². The van der Waals surface area contributed by atoms with Gasteiger partial charge in [0.15, 0.2) is 0 Å². The Morgan fingerprint density at radius 1 is 1.25 bits per heavy atom. The van der Waals surface area contributed by atoms with Crippen LogP contribution in [-0.4, -0.2) is 19.2 Å². The fourth-order valence-corrected chi connectivity index (χ4v) is 4.39. The van der Waals surface area contributed by atoms with E-state index >= 15 is 0 Å². The number of aryl methyl sites for hydroxylation is 1. The fraction of sp³-hybridized carbons (Fsp3) is 0.647. The summed E-state index contributed by atoms with van der Waals surface area (Å²) < 4.78 is 7.51. The zero-order valence-electron chi connectivity index (χ0n) is 12.4. The SMILES string of the molecule is CNC1CC(Oc2cc(Br)ccc2C)C12CCCCC2. The molecule has 0 heterocycles. The van der Waals surface area contributed by atoms with E-state index in [-0.39, 0.29) is 0 Å². The smallest absolute Gasteiger partial charge is 0.123 e. The first kappa shape index (κ1) is 14.4. The van der Waals surface area contributed by atoms with Crippen molar-refractivity contribution in [2.24, 2.45) is 5.41 Å². The highest BCUT2D eigenvalue weighted by Gasteiger charge is 2.55. The maximum atomic E-state index is 6.42. The van der Waals surface area contributed by atoms with Crippen molar-refractivity contribution in [2.45, 2.75) is 57.6 Å². The van der Waals surface area contributed by atoms with Crippen molar-refractivity contribution in [1.82, 2.24) is 5.32 Å². The third kappa shape index (κ3) is 2.39. The molecule has 0 amide bonds. The standard InChI is InChI=1S/C17H24BrNO/c1-12-6-7-13(18)10-14(12)20-16-11-15(19-2)17(16)8-4-3-5-9-17/h6-7,10,15-16,19H,3-5,8-9,11H2,1-2H3. The van der Waals surface area contributed by atoms with Gasteiger partial charge in [0.2, 0.25) is 0 Å². The molecule has 1 aromatic rings. The number of ether oxygens (including phenoxy) is 1. The van der Waals surface area contributed by atoms with Gasteiger partial charge in [-0.25, -0.2) is 0 Å². The van der Waals surface area contributed by atoms with Crippen molar-refractivity contribution in [3.05, 3.63) is 28.2 Å². The molecule has 2 aliphatic carbocycles. The minimum atomic E-state index is 0.377. The van der Waals surface area contributed by atoms with Crippen LogP contribution >= 0.6 is 15.9 Å². The van der Waals surface area contributed by atoms with Crippen molar-refractivity contribution in [3.63, 3.8) is 0 Å². The molecule has 0 aromatic heterocycles. The van der Waals surface area contributed by atoms with E-state index in [2.05, 4.69) is 53.4 Å². The van der Waals surface area contributed by atoms with Crippen LogP contribution in [0.2, 0.25) is 0 Å². The highest BCUT2D eigenvalue weighted by molar-refractivity contribution is 9.10. The summed E-state index contributed by atoms with van der Waals surface area (Å²) >= 11 is 3.55. The van der Waals surface area contributed by atoms with Gasteiger partial charge in [0, 0.05) is 22.4 Å². The van der Waals surface area contributed by atoms with Gasteiger partial charge in [-0.15, -0.1) is 0 Å². The zero-order chi connectivity index (χ0) is 14.2. The van der Waals surface area contributed by atoms with E-state index < -0.39 is 0 Å². The number of benzene rings is 1. The van der Waals surface area contributed by atoms with Crippen LogP contribution in [0.4, 0.5) is 0 Å². The van der Waals surface area contributed by atoms with E-state index in [1.165, 1.54) is 37.7 Å². The Bertz CT molecular complexity index is 482. The van der Waals surface area contributed by atoms with E-state index in [0.29, 0.717) is 17.6 Å². The van der Waals surface area contributed by atoms with Gasteiger partial charge in [-0.1, -0.05) is 41.3 Å². The summed E-state index contributed by atoms with van der Waals surface area (Å²) in [5.74, 6) is 1.05. The van der Waals surface area contributed by atoms with Crippen molar-refractivity contribution < 1.29 is 4.74 Å². The molecule has 3 heteroatoms. The van der Waals surface area contributed by atoms with Crippen molar-refractivity contribution in [3.8, 4) is 5.75 Å². The molecule has 110 valence electrons. The molecule has 0 bridgehead atoms. The summed E-state index contributed by atoms with van der Waals surface area (Å²) in [4.78, 5) is 0. The first-order chi connectivity index (χ1) is 9.65. The molecule has 2 unspecified atom stereocenters. The minimum absolute atomic E-state index is 0.377. The summed E-state index contributed by atoms with van der Waals surface area (Å²) in [7, 11) is 2.10. The van der Waals surface area contributed by atoms with Gasteiger partial charge in [0.05, 0.1) is 0 Å². The molecule has 20 heavy (non-hydrogen) atoms. The van der Waals surface area contributed by atoms with Crippen molar-refractivity contribution in [1.29, 1.82) is 0 Å². The average molecular weight is 338 g/mol. The van der Waals surface area contributed by atoms with E-state index in [1.54, 1.807) is 0 Å². The van der Waals surface area contributed by atoms with Crippen LogP contribution in [0.3, 0.4) is 0 Å². The Labute approximate surface area is 130 Å². The Morgan fingerprint density at radius 3 is 2.70 bits per heavy atom. The fourth-order valence-electron chi connectivity index (χ4n) is 4.05. The highest BCUT2D eigenvalue weighted by atomic mass is 79.9. The van der Waals surface area contributed by atoms with Gasteiger partial charge in [-0.2, -0.15) is 0 Å². The molecule has 0 aliphatic heterocycles. The number of nitrogens with one attached hydrogen (secondary N) is 1. The largest absolute Gasteiger partial charge is 0.489 e. The third-order valence-corrected chi connectivity index (χ3v) is 5.83. The van der Waals surface area contributed by atoms with E-state index in [0.717, 1.165) is 16.6 Å². The zero-order valence-corrected chi connectivity index (χ0v) is 14.0. The summed E-state index contributed by atoms with van der Waals surface area (Å²) in [6, 6.07) is 6.95. The predicted octanol–water partition coefficient (Wildman–Crippen LogP) is 4.45. The maximum Gasteiger partial charge on any atom is 0.123 e. The molecule has 2 fully saturated rings. The van der Waals surface area contributed by atoms with Crippen molar-refractivity contribution >= 4 is 15.9 Å². The van der Waals surface area contributed by atoms with Crippen LogP contribution in [0.25, 0.3) is 0 Å². The quantitative estimate of drug-likeness (QED) is 0.879. The number of halogens is 1. The van der Waals surface area contributed by atoms with Gasteiger partial charge < -0.3 is 10.1 Å². The lowest BCUT2D eigenvalue weighted by Crippen LogP contribution is -2.64. The van der Waals surface area contributed by atoms with Crippen LogP contribution < -0.4 is 10.1 Å². The second-order valence-corrected chi connectivity index (χ2v) is 7.30. The van der Waals surface area contributed by atoms with Gasteiger partial charge in [0.25, 0.3) is 0 Å². The third-order valence-electron chi connectivity index (χ3n) is 5.34. The molecule has 1 spiro atoms. The lowest BCUT2D eigenvalue weighted by atomic mass is 9.55. The molecule has 0 radical (unpaired) electrons. The predicted molar refractivity (Wildman–Crippen MR) is 86.3 cm³/mol. The second kappa shape index (κ2) is 5.69. The molecule has 2 saturated carbocycles. The minimum Gasteiger partial charge on any atom is -0.489 e. The monoisotopic (exact) mass is 337 g/mol. The van der Waals surface area contributed by atoms with E-state index in [9.17, 15) is 0 Å². The first-order valence-electron chi connectivity index (χ1n) is 7.76. The Kier molecular flexibility index (Phi) is 4.09. The molecular formula is C17H24BrNO. The molecule has 2 nitrogen and oxygen atoms in total. The van der Waals surface area contributed by atoms with Gasteiger partial charge in [-0.3, -0.25) is 0 Å². The molecule has 1 N–H and O–H groups in total. The van der Waals surface area contributed by atoms with Crippen molar-refractivity contribution in [2.75, 3.05) is 7.05 Å². The molecule has 2 aliphatic rings. The first-order valence-corrected chi connectivity index (χ1v) is 8.55. The normalized spacial score (nSPS) is 28.1. The number of hydrogen-bond donors (Lipinski definition) is 1. The van der Waals surface area contributed by atoms with Crippen LogP contribution in [0, 0.1) is 12.3 Å². The summed E-state index contributed by atoms with van der Waals surface area (Å²) in [5, 5.41) is 3.51. The molecule has 2 atom stereocenters. The summed E-state index contributed by atoms with van der Waals surface area (Å²) in [6.07, 6.45) is 8.26. The van der Waals surface area contributed by atoms with Crippen LogP contribution in [0.1, 0.15) is 44.1 Å². The highest BCUT2D eigenvalue weighted by Crippen LogP contribution is 2.53. The average Bonchev–Trinajstić information content (AvgIpc) is 2.47.